The molecule has 0 spiro atoms. The number of anilines is 1. The van der Waals surface area contributed by atoms with Crippen LogP contribution in [0.2, 0.25) is 15.1 Å². The maximum Gasteiger partial charge on any atom is 0.435 e. The Bertz CT molecular complexity index is 672. The standard InChI is InChI=1S/C12H6Cl3F3N2/c13-5-3-7(9(15)8(14)4-5)6-1-2-20-11(10(6)19)12(16,17)18/h1-4H,19H2. The molecule has 0 radical (unpaired) electrons. The van der Waals surface area contributed by atoms with E-state index in [1.54, 1.807) is 0 Å². The second kappa shape index (κ2) is 5.31. The molecule has 0 unspecified atom stereocenters. The lowest BCUT2D eigenvalue weighted by Gasteiger charge is -2.14. The maximum atomic E-state index is 12.8. The van der Waals surface area contributed by atoms with Gasteiger partial charge < -0.3 is 5.73 Å². The Balaban J connectivity index is 2.72. The summed E-state index contributed by atoms with van der Waals surface area (Å²) in [5.41, 5.74) is 4.13. The summed E-state index contributed by atoms with van der Waals surface area (Å²) in [4.78, 5) is 3.25. The van der Waals surface area contributed by atoms with Crippen LogP contribution in [0.25, 0.3) is 11.1 Å². The van der Waals surface area contributed by atoms with Crippen molar-refractivity contribution in [3.05, 3.63) is 45.2 Å². The highest BCUT2D eigenvalue weighted by atomic mass is 35.5. The summed E-state index contributed by atoms with van der Waals surface area (Å²) in [5.74, 6) is 0. The van der Waals surface area contributed by atoms with Crippen LogP contribution in [-0.4, -0.2) is 4.98 Å². The normalized spacial score (nSPS) is 11.7. The average molecular weight is 342 g/mol. The number of aromatic nitrogens is 1. The Morgan fingerprint density at radius 2 is 1.70 bits per heavy atom. The molecule has 1 heterocycles. The van der Waals surface area contributed by atoms with Crippen molar-refractivity contribution in [3.8, 4) is 11.1 Å². The van der Waals surface area contributed by atoms with Crippen LogP contribution < -0.4 is 5.73 Å². The van der Waals surface area contributed by atoms with Gasteiger partial charge in [-0.1, -0.05) is 34.8 Å². The molecule has 106 valence electrons. The summed E-state index contributed by atoms with van der Waals surface area (Å²) in [5, 5.41) is 0.431. The second-order valence-corrected chi connectivity index (χ2v) is 5.09. The molecule has 2 rings (SSSR count). The minimum atomic E-state index is -4.66. The van der Waals surface area contributed by atoms with Crippen LogP contribution in [0, 0.1) is 0 Å². The highest BCUT2D eigenvalue weighted by molar-refractivity contribution is 6.45. The molecule has 0 aliphatic rings. The summed E-state index contributed by atoms with van der Waals surface area (Å²) < 4.78 is 38.3. The number of nitrogens with zero attached hydrogens (tertiary/aromatic N) is 1. The van der Waals surface area contributed by atoms with Gasteiger partial charge in [0.2, 0.25) is 0 Å². The topological polar surface area (TPSA) is 38.9 Å². The van der Waals surface area contributed by atoms with Crippen LogP contribution in [0.4, 0.5) is 18.9 Å². The number of rotatable bonds is 1. The molecule has 1 aromatic heterocycles. The first-order chi connectivity index (χ1) is 9.21. The molecule has 0 amide bonds. The van der Waals surface area contributed by atoms with E-state index in [9.17, 15) is 13.2 Å². The molecule has 0 aliphatic carbocycles. The zero-order chi connectivity index (χ0) is 15.1. The Morgan fingerprint density at radius 3 is 2.30 bits per heavy atom. The molecular formula is C12H6Cl3F3N2. The van der Waals surface area contributed by atoms with Gasteiger partial charge in [0.15, 0.2) is 5.69 Å². The van der Waals surface area contributed by atoms with Gasteiger partial charge in [-0.15, -0.1) is 0 Å². The van der Waals surface area contributed by atoms with Crippen molar-refractivity contribution in [2.24, 2.45) is 0 Å². The van der Waals surface area contributed by atoms with E-state index >= 15 is 0 Å². The molecule has 8 heteroatoms. The Hall–Kier alpha value is -1.17. The second-order valence-electron chi connectivity index (χ2n) is 3.87. The quantitative estimate of drug-likeness (QED) is 0.714. The first kappa shape index (κ1) is 15.2. The highest BCUT2D eigenvalue weighted by Gasteiger charge is 2.36. The zero-order valence-electron chi connectivity index (χ0n) is 9.60. The summed E-state index contributed by atoms with van der Waals surface area (Å²) >= 11 is 17.7. The fraction of sp³-hybridized carbons (Fsp3) is 0.0833. The lowest BCUT2D eigenvalue weighted by atomic mass is 10.0. The molecule has 0 bridgehead atoms. The Kier molecular flexibility index (Phi) is 4.04. The van der Waals surface area contributed by atoms with E-state index in [1.807, 2.05) is 0 Å². The first-order valence-corrected chi connectivity index (χ1v) is 6.31. The lowest BCUT2D eigenvalue weighted by Crippen LogP contribution is -2.12. The van der Waals surface area contributed by atoms with Crippen LogP contribution >= 0.6 is 34.8 Å². The molecule has 2 nitrogen and oxygen atoms in total. The lowest BCUT2D eigenvalue weighted by molar-refractivity contribution is -0.140. The van der Waals surface area contributed by atoms with Gasteiger partial charge in [0, 0.05) is 22.3 Å². The molecule has 2 N–H and O–H groups in total. The summed E-state index contributed by atoms with van der Waals surface area (Å²) in [6.07, 6.45) is -3.66. The third kappa shape index (κ3) is 2.80. The first-order valence-electron chi connectivity index (χ1n) is 5.18. The Labute approximate surface area is 127 Å². The third-order valence-electron chi connectivity index (χ3n) is 2.54. The van der Waals surface area contributed by atoms with Crippen molar-refractivity contribution in [2.75, 3.05) is 5.73 Å². The molecule has 0 atom stereocenters. The fourth-order valence-corrected chi connectivity index (χ4v) is 2.39. The van der Waals surface area contributed by atoms with E-state index < -0.39 is 17.6 Å². The predicted molar refractivity (Wildman–Crippen MR) is 74.1 cm³/mol. The van der Waals surface area contributed by atoms with Crippen LogP contribution in [-0.2, 0) is 6.18 Å². The van der Waals surface area contributed by atoms with Crippen molar-refractivity contribution in [2.45, 2.75) is 6.18 Å². The monoisotopic (exact) mass is 340 g/mol. The zero-order valence-corrected chi connectivity index (χ0v) is 11.9. The average Bonchev–Trinajstić information content (AvgIpc) is 2.33. The summed E-state index contributed by atoms with van der Waals surface area (Å²) in [6.45, 7) is 0. The minimum absolute atomic E-state index is 0.0710. The van der Waals surface area contributed by atoms with Gasteiger partial charge in [-0.25, -0.2) is 4.98 Å². The van der Waals surface area contributed by atoms with Gasteiger partial charge in [-0.05, 0) is 18.2 Å². The van der Waals surface area contributed by atoms with Gasteiger partial charge in [0.1, 0.15) is 0 Å². The number of alkyl halides is 3. The van der Waals surface area contributed by atoms with E-state index in [2.05, 4.69) is 4.98 Å². The summed E-state index contributed by atoms with van der Waals surface area (Å²) in [6, 6.07) is 4.09. The van der Waals surface area contributed by atoms with Crippen LogP contribution in [0.1, 0.15) is 5.69 Å². The predicted octanol–water partition coefficient (Wildman–Crippen LogP) is 5.31. The van der Waals surface area contributed by atoms with Gasteiger partial charge in [-0.3, -0.25) is 0 Å². The molecule has 1 aromatic carbocycles. The molecule has 0 fully saturated rings. The van der Waals surface area contributed by atoms with Gasteiger partial charge >= 0.3 is 6.18 Å². The number of hydrogen-bond donors (Lipinski definition) is 1. The number of nitrogens with two attached hydrogens (primary N) is 1. The SMILES string of the molecule is Nc1c(-c2cc(Cl)cc(Cl)c2Cl)ccnc1C(F)(F)F. The van der Waals surface area contributed by atoms with E-state index in [4.69, 9.17) is 40.5 Å². The molecule has 0 aliphatic heterocycles. The molecular weight excluding hydrogens is 335 g/mol. The van der Waals surface area contributed by atoms with Crippen LogP contribution in [0.5, 0.6) is 0 Å². The number of halogens is 6. The highest BCUT2D eigenvalue weighted by Crippen LogP contribution is 2.42. The van der Waals surface area contributed by atoms with Crippen molar-refractivity contribution in [3.63, 3.8) is 0 Å². The van der Waals surface area contributed by atoms with Gasteiger partial charge in [0.05, 0.1) is 15.7 Å². The molecule has 0 saturated heterocycles. The third-order valence-corrected chi connectivity index (χ3v) is 3.56. The molecule has 2 aromatic rings. The number of pyridine rings is 1. The molecule has 0 saturated carbocycles. The minimum Gasteiger partial charge on any atom is -0.396 e. The smallest absolute Gasteiger partial charge is 0.396 e. The Morgan fingerprint density at radius 1 is 1.05 bits per heavy atom. The number of hydrogen-bond acceptors (Lipinski definition) is 2. The van der Waals surface area contributed by atoms with Gasteiger partial charge in [-0.2, -0.15) is 13.2 Å². The number of benzene rings is 1. The van der Waals surface area contributed by atoms with Crippen molar-refractivity contribution >= 4 is 40.5 Å². The van der Waals surface area contributed by atoms with Crippen molar-refractivity contribution in [1.82, 2.24) is 4.98 Å². The van der Waals surface area contributed by atoms with Crippen molar-refractivity contribution < 1.29 is 13.2 Å². The van der Waals surface area contributed by atoms with Gasteiger partial charge in [0.25, 0.3) is 0 Å². The maximum absolute atomic E-state index is 12.8. The van der Waals surface area contributed by atoms with Crippen LogP contribution in [0.15, 0.2) is 24.4 Å². The van der Waals surface area contributed by atoms with E-state index in [-0.39, 0.29) is 26.2 Å². The van der Waals surface area contributed by atoms with E-state index in [0.717, 1.165) is 6.20 Å². The largest absolute Gasteiger partial charge is 0.435 e. The van der Waals surface area contributed by atoms with E-state index in [1.165, 1.54) is 18.2 Å². The molecule has 20 heavy (non-hydrogen) atoms. The van der Waals surface area contributed by atoms with Crippen molar-refractivity contribution in [1.29, 1.82) is 0 Å². The number of nitrogen functional groups attached to an aromatic ring is 1. The van der Waals surface area contributed by atoms with E-state index in [0.29, 0.717) is 0 Å². The van der Waals surface area contributed by atoms with Crippen LogP contribution in [0.3, 0.4) is 0 Å². The summed E-state index contributed by atoms with van der Waals surface area (Å²) in [7, 11) is 0. The fourth-order valence-electron chi connectivity index (χ4n) is 1.69.